The second-order valence-electron chi connectivity index (χ2n) is 9.83. The Hall–Kier alpha value is -2.14. The molecule has 0 spiro atoms. The Bertz CT molecular complexity index is 1110. The molecular weight excluding hydrogens is 577 g/mol. The molecule has 2 aromatic carbocycles. The molecule has 0 bridgehead atoms. The van der Waals surface area contributed by atoms with Crippen LogP contribution in [-0.2, 0) is 27.4 Å². The molecule has 3 fully saturated rings. The van der Waals surface area contributed by atoms with Gasteiger partial charge in [0.2, 0.25) is 0 Å². The van der Waals surface area contributed by atoms with Crippen molar-refractivity contribution >= 4 is 55.2 Å². The largest absolute Gasteiger partial charge is 0.508 e. The van der Waals surface area contributed by atoms with Gasteiger partial charge in [-0.2, -0.15) is 0 Å². The summed E-state index contributed by atoms with van der Waals surface area (Å²) in [6.45, 7) is 8.46. The second kappa shape index (κ2) is 16.3. The molecule has 8 nitrogen and oxygen atoms in total. The second-order valence-corrected chi connectivity index (χ2v) is 9.83. The van der Waals surface area contributed by atoms with Crippen molar-refractivity contribution < 1.29 is 24.5 Å². The third-order valence-corrected chi connectivity index (χ3v) is 7.10. The summed E-state index contributed by atoms with van der Waals surface area (Å²) < 4.78 is 10.8. The van der Waals surface area contributed by atoms with Crippen LogP contribution >= 0.6 is 37.2 Å². The fraction of sp³-hybridized carbons (Fsp3) is 0.414. The van der Waals surface area contributed by atoms with Crippen LogP contribution in [0.1, 0.15) is 22.3 Å². The van der Waals surface area contributed by atoms with Gasteiger partial charge >= 0.3 is 0 Å². The molecule has 0 aliphatic carbocycles. The van der Waals surface area contributed by atoms with Crippen molar-refractivity contribution in [3.8, 4) is 11.5 Å². The number of carbonyl (C=O) groups excluding carboxylic acids is 1. The number of morpholine rings is 2. The summed E-state index contributed by atoms with van der Waals surface area (Å²) in [5.41, 5.74) is 4.86. The molecule has 0 saturated carbocycles. The molecule has 0 radical (unpaired) electrons. The van der Waals surface area contributed by atoms with Gasteiger partial charge in [-0.05, 0) is 47.5 Å². The summed E-state index contributed by atoms with van der Waals surface area (Å²) in [5.74, 6) is 0.550. The summed E-state index contributed by atoms with van der Waals surface area (Å²) >= 11 is 0. The van der Waals surface area contributed by atoms with E-state index in [4.69, 9.17) is 9.47 Å². The number of ether oxygens (including phenoxy) is 2. The van der Waals surface area contributed by atoms with E-state index >= 15 is 0 Å². The van der Waals surface area contributed by atoms with Crippen molar-refractivity contribution in [1.29, 1.82) is 0 Å². The van der Waals surface area contributed by atoms with Gasteiger partial charge in [-0.25, -0.2) is 0 Å². The van der Waals surface area contributed by atoms with Crippen molar-refractivity contribution in [1.82, 2.24) is 15.1 Å². The summed E-state index contributed by atoms with van der Waals surface area (Å²) in [4.78, 5) is 17.9. The van der Waals surface area contributed by atoms with E-state index in [1.807, 2.05) is 36.4 Å². The molecule has 5 rings (SSSR count). The summed E-state index contributed by atoms with van der Waals surface area (Å²) in [5, 5.41) is 24.1. The van der Waals surface area contributed by atoms with Gasteiger partial charge in [0.15, 0.2) is 5.78 Å². The predicted molar refractivity (Wildman–Crippen MR) is 164 cm³/mol. The maximum atomic E-state index is 13.4. The number of piperidine rings is 1. The molecule has 0 unspecified atom stereocenters. The van der Waals surface area contributed by atoms with Crippen LogP contribution < -0.4 is 5.32 Å². The third-order valence-electron chi connectivity index (χ3n) is 7.10. The number of phenols is 2. The number of aromatic hydroxyl groups is 2. The highest BCUT2D eigenvalue weighted by atomic mass is 35.5. The minimum Gasteiger partial charge on any atom is -0.508 e. The zero-order valence-electron chi connectivity index (χ0n) is 22.3. The number of benzene rings is 2. The van der Waals surface area contributed by atoms with E-state index in [2.05, 4.69) is 15.1 Å². The number of nitrogens with zero attached hydrogens (tertiary/aromatic N) is 2. The van der Waals surface area contributed by atoms with Crippen LogP contribution in [0.4, 0.5) is 0 Å². The van der Waals surface area contributed by atoms with Crippen molar-refractivity contribution in [2.75, 3.05) is 65.7 Å². The first kappa shape index (κ1) is 34.1. The van der Waals surface area contributed by atoms with Crippen molar-refractivity contribution in [2.24, 2.45) is 0 Å². The van der Waals surface area contributed by atoms with Gasteiger partial charge in [-0.3, -0.25) is 14.6 Å². The zero-order chi connectivity index (χ0) is 25.6. The third kappa shape index (κ3) is 8.93. The van der Waals surface area contributed by atoms with E-state index in [1.54, 1.807) is 12.1 Å². The van der Waals surface area contributed by atoms with Gasteiger partial charge < -0.3 is 25.0 Å². The Balaban J connectivity index is 0.00000187. The van der Waals surface area contributed by atoms with Gasteiger partial charge in [0.05, 0.1) is 26.4 Å². The van der Waals surface area contributed by atoms with E-state index in [9.17, 15) is 15.0 Å². The van der Waals surface area contributed by atoms with Gasteiger partial charge in [0, 0.05) is 74.6 Å². The maximum Gasteiger partial charge on any atom is 0.187 e. The summed E-state index contributed by atoms with van der Waals surface area (Å²) in [6, 6.07) is 11.0. The highest BCUT2D eigenvalue weighted by molar-refractivity contribution is 6.14. The smallest absolute Gasteiger partial charge is 0.187 e. The lowest BCUT2D eigenvalue weighted by molar-refractivity contribution is -0.112. The molecule has 3 N–H and O–H groups in total. The van der Waals surface area contributed by atoms with E-state index < -0.39 is 0 Å². The number of carbonyl (C=O) groups is 1. The molecule has 0 aromatic heterocycles. The molecule has 3 aliphatic heterocycles. The molecular formula is C29H38Cl3N3O5. The highest BCUT2D eigenvalue weighted by Crippen LogP contribution is 2.26. The number of hydrogen-bond donors (Lipinski definition) is 3. The van der Waals surface area contributed by atoms with Crippen LogP contribution in [0.3, 0.4) is 0 Å². The van der Waals surface area contributed by atoms with E-state index in [-0.39, 0.29) is 54.5 Å². The van der Waals surface area contributed by atoms with Crippen LogP contribution in [0.25, 0.3) is 12.2 Å². The Morgan fingerprint density at radius 3 is 1.50 bits per heavy atom. The predicted octanol–water partition coefficient (Wildman–Crippen LogP) is 3.67. The minimum absolute atomic E-state index is 0. The Morgan fingerprint density at radius 2 is 1.10 bits per heavy atom. The number of hydrogen-bond acceptors (Lipinski definition) is 8. The fourth-order valence-electron chi connectivity index (χ4n) is 4.98. The number of ketones is 1. The molecule has 3 aliphatic rings. The SMILES string of the molecule is Cl.Cl.Cl.O=C1C(=Cc2ccc(O)c(CN3CCOCC3)c2)CNCC1=Cc1ccc(O)c(CN2CCOCC2)c1. The van der Waals surface area contributed by atoms with Crippen molar-refractivity contribution in [2.45, 2.75) is 13.1 Å². The lowest BCUT2D eigenvalue weighted by Gasteiger charge is -2.27. The molecule has 220 valence electrons. The van der Waals surface area contributed by atoms with Crippen LogP contribution in [-0.4, -0.2) is 91.5 Å². The average molecular weight is 615 g/mol. The van der Waals surface area contributed by atoms with Crippen LogP contribution in [0.15, 0.2) is 47.5 Å². The molecule has 11 heteroatoms. The standard InChI is InChI=1S/C29H35N3O5.3ClH/c33-27-3-1-21(15-25(27)19-31-5-9-36-10-6-31)13-23-17-30-18-24(29(23)35)14-22-2-4-28(34)26(16-22)20-32-7-11-37-12-8-32;;;/h1-4,13-16,30,33-34H,5-12,17-20H2;3*1H. The lowest BCUT2D eigenvalue weighted by Crippen LogP contribution is -2.35. The number of Topliss-reactive ketones (excluding diaryl/α,β-unsaturated/α-hetero) is 1. The number of phenolic OH excluding ortho intramolecular Hbond substituents is 2. The molecule has 0 atom stereocenters. The summed E-state index contributed by atoms with van der Waals surface area (Å²) in [7, 11) is 0. The van der Waals surface area contributed by atoms with E-state index in [0.717, 1.165) is 48.4 Å². The quantitative estimate of drug-likeness (QED) is 0.425. The first-order valence-electron chi connectivity index (χ1n) is 13.0. The average Bonchev–Trinajstić information content (AvgIpc) is 2.91. The topological polar surface area (TPSA) is 94.5 Å². The fourth-order valence-corrected chi connectivity index (χ4v) is 4.98. The van der Waals surface area contributed by atoms with Gasteiger partial charge in [0.1, 0.15) is 11.5 Å². The van der Waals surface area contributed by atoms with Gasteiger partial charge in [-0.1, -0.05) is 12.1 Å². The monoisotopic (exact) mass is 613 g/mol. The first-order chi connectivity index (χ1) is 18.0. The molecule has 3 heterocycles. The van der Waals surface area contributed by atoms with Crippen LogP contribution in [0.2, 0.25) is 0 Å². The Morgan fingerprint density at radius 1 is 0.700 bits per heavy atom. The molecule has 2 aromatic rings. The molecule has 40 heavy (non-hydrogen) atoms. The lowest BCUT2D eigenvalue weighted by atomic mass is 9.94. The zero-order valence-corrected chi connectivity index (χ0v) is 24.8. The van der Waals surface area contributed by atoms with Crippen molar-refractivity contribution in [3.63, 3.8) is 0 Å². The van der Waals surface area contributed by atoms with Gasteiger partial charge in [-0.15, -0.1) is 37.2 Å². The number of nitrogens with one attached hydrogen (secondary N) is 1. The Kier molecular flexibility index (Phi) is 13.9. The normalized spacial score (nSPS) is 20.4. The Labute approximate surface area is 254 Å². The van der Waals surface area contributed by atoms with Crippen LogP contribution in [0.5, 0.6) is 11.5 Å². The van der Waals surface area contributed by atoms with Crippen LogP contribution in [0, 0.1) is 0 Å². The summed E-state index contributed by atoms with van der Waals surface area (Å²) in [6.07, 6.45) is 3.82. The van der Waals surface area contributed by atoms with E-state index in [1.165, 1.54) is 0 Å². The maximum absolute atomic E-state index is 13.4. The number of rotatable bonds is 6. The first-order valence-corrected chi connectivity index (χ1v) is 13.0. The highest BCUT2D eigenvalue weighted by Gasteiger charge is 2.21. The minimum atomic E-state index is 0. The number of halogens is 3. The molecule has 0 amide bonds. The van der Waals surface area contributed by atoms with Crippen molar-refractivity contribution in [3.05, 3.63) is 69.8 Å². The van der Waals surface area contributed by atoms with Gasteiger partial charge in [0.25, 0.3) is 0 Å². The molecule has 3 saturated heterocycles. The van der Waals surface area contributed by atoms with E-state index in [0.29, 0.717) is 63.8 Å².